The van der Waals surface area contributed by atoms with Gasteiger partial charge < -0.3 is 0 Å². The van der Waals surface area contributed by atoms with Crippen molar-refractivity contribution in [3.63, 3.8) is 0 Å². The SMILES string of the molecule is Cc1ccc(S[C@@H](C)C(=O)Nc2nnc(C(C)C)s2)cc1. The maximum Gasteiger partial charge on any atom is 0.239 e. The molecule has 0 fully saturated rings. The molecule has 0 saturated carbocycles. The highest BCUT2D eigenvalue weighted by Crippen LogP contribution is 2.26. The molecule has 1 aromatic heterocycles. The lowest BCUT2D eigenvalue weighted by atomic mass is 10.2. The number of hydrogen-bond acceptors (Lipinski definition) is 5. The zero-order chi connectivity index (χ0) is 15.4. The molecule has 4 nitrogen and oxygen atoms in total. The molecule has 2 aromatic rings. The molecule has 0 radical (unpaired) electrons. The topological polar surface area (TPSA) is 54.9 Å². The molecule has 2 rings (SSSR count). The summed E-state index contributed by atoms with van der Waals surface area (Å²) >= 11 is 2.97. The van der Waals surface area contributed by atoms with Crippen LogP contribution in [0.15, 0.2) is 29.2 Å². The first kappa shape index (κ1) is 16.0. The Balaban J connectivity index is 1.94. The molecule has 21 heavy (non-hydrogen) atoms. The van der Waals surface area contributed by atoms with Crippen LogP contribution in [0.4, 0.5) is 5.13 Å². The van der Waals surface area contributed by atoms with E-state index in [4.69, 9.17) is 0 Å². The van der Waals surface area contributed by atoms with E-state index in [1.807, 2.05) is 38.1 Å². The van der Waals surface area contributed by atoms with Crippen molar-refractivity contribution in [3.8, 4) is 0 Å². The highest BCUT2D eigenvalue weighted by Gasteiger charge is 2.17. The quantitative estimate of drug-likeness (QED) is 0.843. The molecule has 0 aliphatic heterocycles. The Bertz CT molecular complexity index is 608. The maximum atomic E-state index is 12.2. The summed E-state index contributed by atoms with van der Waals surface area (Å²) in [6.07, 6.45) is 0. The van der Waals surface area contributed by atoms with Gasteiger partial charge in [-0.3, -0.25) is 10.1 Å². The summed E-state index contributed by atoms with van der Waals surface area (Å²) in [6.45, 7) is 8.06. The molecule has 1 heterocycles. The number of carbonyl (C=O) groups excluding carboxylic acids is 1. The number of nitrogens with zero attached hydrogens (tertiary/aromatic N) is 2. The van der Waals surface area contributed by atoms with Crippen molar-refractivity contribution in [1.29, 1.82) is 0 Å². The molecule has 6 heteroatoms. The van der Waals surface area contributed by atoms with E-state index in [-0.39, 0.29) is 11.2 Å². The van der Waals surface area contributed by atoms with Crippen molar-refractivity contribution < 1.29 is 4.79 Å². The Labute approximate surface area is 133 Å². The Morgan fingerprint density at radius 1 is 1.19 bits per heavy atom. The van der Waals surface area contributed by atoms with E-state index in [9.17, 15) is 4.79 Å². The predicted octanol–water partition coefficient (Wildman–Crippen LogP) is 4.09. The van der Waals surface area contributed by atoms with E-state index in [0.717, 1.165) is 9.90 Å². The van der Waals surface area contributed by atoms with Crippen LogP contribution in [0.3, 0.4) is 0 Å². The van der Waals surface area contributed by atoms with Crippen LogP contribution in [-0.4, -0.2) is 21.4 Å². The minimum Gasteiger partial charge on any atom is -0.300 e. The van der Waals surface area contributed by atoms with E-state index in [2.05, 4.69) is 29.4 Å². The van der Waals surface area contributed by atoms with Gasteiger partial charge in [0.15, 0.2) is 0 Å². The third-order valence-electron chi connectivity index (χ3n) is 2.87. The monoisotopic (exact) mass is 321 g/mol. The molecular formula is C15H19N3OS2. The largest absolute Gasteiger partial charge is 0.300 e. The summed E-state index contributed by atoms with van der Waals surface area (Å²) in [7, 11) is 0. The highest BCUT2D eigenvalue weighted by molar-refractivity contribution is 8.00. The molecule has 0 bridgehead atoms. The van der Waals surface area contributed by atoms with Crippen molar-refractivity contribution >= 4 is 34.1 Å². The Kier molecular flexibility index (Phi) is 5.36. The maximum absolute atomic E-state index is 12.2. The summed E-state index contributed by atoms with van der Waals surface area (Å²) in [4.78, 5) is 13.3. The van der Waals surface area contributed by atoms with Gasteiger partial charge >= 0.3 is 0 Å². The number of amides is 1. The lowest BCUT2D eigenvalue weighted by molar-refractivity contribution is -0.115. The number of hydrogen-bond donors (Lipinski definition) is 1. The van der Waals surface area contributed by atoms with Gasteiger partial charge in [-0.05, 0) is 26.0 Å². The van der Waals surface area contributed by atoms with Gasteiger partial charge in [0.05, 0.1) is 5.25 Å². The number of benzene rings is 1. The number of anilines is 1. The van der Waals surface area contributed by atoms with Crippen LogP contribution >= 0.6 is 23.1 Å². The molecule has 1 atom stereocenters. The van der Waals surface area contributed by atoms with Gasteiger partial charge in [-0.2, -0.15) is 0 Å². The Hall–Kier alpha value is -1.40. The summed E-state index contributed by atoms with van der Waals surface area (Å²) in [6, 6.07) is 8.16. The minimum atomic E-state index is -0.181. The zero-order valence-corrected chi connectivity index (χ0v) is 14.2. The summed E-state index contributed by atoms with van der Waals surface area (Å²) in [5.41, 5.74) is 1.21. The fourth-order valence-electron chi connectivity index (χ4n) is 1.60. The second-order valence-electron chi connectivity index (χ2n) is 5.16. The van der Waals surface area contributed by atoms with Gasteiger partial charge in [-0.1, -0.05) is 42.9 Å². The third kappa shape index (κ3) is 4.54. The Morgan fingerprint density at radius 2 is 1.86 bits per heavy atom. The molecule has 0 saturated heterocycles. The second-order valence-corrected chi connectivity index (χ2v) is 7.59. The van der Waals surface area contributed by atoms with Crippen LogP contribution in [0, 0.1) is 6.92 Å². The fourth-order valence-corrected chi connectivity index (χ4v) is 3.22. The standard InChI is InChI=1S/C15H19N3OS2/c1-9(2)14-17-18-15(21-14)16-13(19)11(4)20-12-7-5-10(3)6-8-12/h5-9,11H,1-4H3,(H,16,18,19)/t11-/m0/s1. The first-order valence-electron chi connectivity index (χ1n) is 6.83. The highest BCUT2D eigenvalue weighted by atomic mass is 32.2. The van der Waals surface area contributed by atoms with Crippen molar-refractivity contribution in [3.05, 3.63) is 34.8 Å². The van der Waals surface area contributed by atoms with E-state index < -0.39 is 0 Å². The molecule has 0 unspecified atom stereocenters. The van der Waals surface area contributed by atoms with Gasteiger partial charge in [-0.25, -0.2) is 0 Å². The Morgan fingerprint density at radius 3 is 2.43 bits per heavy atom. The van der Waals surface area contributed by atoms with Crippen LogP contribution in [0.5, 0.6) is 0 Å². The lowest BCUT2D eigenvalue weighted by Crippen LogP contribution is -2.22. The van der Waals surface area contributed by atoms with Gasteiger partial charge in [0.2, 0.25) is 11.0 Å². The predicted molar refractivity (Wildman–Crippen MR) is 89.1 cm³/mol. The number of nitrogens with one attached hydrogen (secondary N) is 1. The van der Waals surface area contributed by atoms with Crippen molar-refractivity contribution in [2.45, 2.75) is 43.8 Å². The smallest absolute Gasteiger partial charge is 0.239 e. The fraction of sp³-hybridized carbons (Fsp3) is 0.400. The van der Waals surface area contributed by atoms with Gasteiger partial charge in [0.1, 0.15) is 5.01 Å². The van der Waals surface area contributed by atoms with Crippen LogP contribution in [0.25, 0.3) is 0 Å². The summed E-state index contributed by atoms with van der Waals surface area (Å²) < 4.78 is 0. The van der Waals surface area contributed by atoms with E-state index in [0.29, 0.717) is 11.0 Å². The van der Waals surface area contributed by atoms with Gasteiger partial charge in [-0.15, -0.1) is 22.0 Å². The van der Waals surface area contributed by atoms with Gasteiger partial charge in [0, 0.05) is 10.8 Å². The molecule has 1 N–H and O–H groups in total. The lowest BCUT2D eigenvalue weighted by Gasteiger charge is -2.10. The van der Waals surface area contributed by atoms with Crippen molar-refractivity contribution in [1.82, 2.24) is 10.2 Å². The number of thioether (sulfide) groups is 1. The molecule has 0 spiro atoms. The second kappa shape index (κ2) is 7.04. The summed E-state index contributed by atoms with van der Waals surface area (Å²) in [5, 5.41) is 12.2. The molecule has 1 aromatic carbocycles. The first-order chi connectivity index (χ1) is 9.95. The third-order valence-corrected chi connectivity index (χ3v) is 5.12. The minimum absolute atomic E-state index is 0.0490. The van der Waals surface area contributed by atoms with Crippen molar-refractivity contribution in [2.75, 3.05) is 5.32 Å². The molecular weight excluding hydrogens is 302 g/mol. The van der Waals surface area contributed by atoms with E-state index in [1.54, 1.807) is 0 Å². The summed E-state index contributed by atoms with van der Waals surface area (Å²) in [5.74, 6) is 0.277. The molecule has 1 amide bonds. The van der Waals surface area contributed by atoms with Crippen LogP contribution in [0.2, 0.25) is 0 Å². The number of aryl methyl sites for hydroxylation is 1. The first-order valence-corrected chi connectivity index (χ1v) is 8.53. The van der Waals surface area contributed by atoms with E-state index in [1.165, 1.54) is 28.7 Å². The average Bonchev–Trinajstić information content (AvgIpc) is 2.90. The molecule has 0 aliphatic carbocycles. The average molecular weight is 321 g/mol. The normalized spacial score (nSPS) is 12.4. The number of aromatic nitrogens is 2. The molecule has 0 aliphatic rings. The number of rotatable bonds is 5. The van der Waals surface area contributed by atoms with Crippen LogP contribution in [0.1, 0.15) is 37.3 Å². The van der Waals surface area contributed by atoms with Crippen LogP contribution in [-0.2, 0) is 4.79 Å². The van der Waals surface area contributed by atoms with E-state index >= 15 is 0 Å². The molecule has 112 valence electrons. The van der Waals surface area contributed by atoms with Crippen LogP contribution < -0.4 is 5.32 Å². The van der Waals surface area contributed by atoms with Gasteiger partial charge in [0.25, 0.3) is 0 Å². The number of carbonyl (C=O) groups is 1. The van der Waals surface area contributed by atoms with Crippen molar-refractivity contribution in [2.24, 2.45) is 0 Å². The zero-order valence-electron chi connectivity index (χ0n) is 12.6.